The predicted octanol–water partition coefficient (Wildman–Crippen LogP) is 5.67. The van der Waals surface area contributed by atoms with E-state index in [0.717, 1.165) is 0 Å². The number of halogens is 7. The molecule has 1 amide bonds. The second-order valence-electron chi connectivity index (χ2n) is 8.10. The predicted molar refractivity (Wildman–Crippen MR) is 119 cm³/mol. The minimum Gasteiger partial charge on any atom is -0.444 e. The SMILES string of the molecule is O=C1Nc2cc(S(=O)(=O)Nc3ccc(-c4ccc(C(O)(C(F)(F)F)C(F)(F)F)cc4F)cc3)ccc2CO1. The quantitative estimate of drug-likeness (QED) is 0.347. The molecule has 0 aliphatic carbocycles. The van der Waals surface area contributed by atoms with Crippen molar-refractivity contribution >= 4 is 27.5 Å². The lowest BCUT2D eigenvalue weighted by atomic mass is 9.90. The van der Waals surface area contributed by atoms with Crippen LogP contribution in [0.15, 0.2) is 65.6 Å². The van der Waals surface area contributed by atoms with Gasteiger partial charge in [0.25, 0.3) is 15.6 Å². The first kappa shape index (κ1) is 27.2. The summed E-state index contributed by atoms with van der Waals surface area (Å²) in [5.74, 6) is -1.48. The lowest BCUT2D eigenvalue weighted by Crippen LogP contribution is -2.53. The lowest BCUT2D eigenvalue weighted by molar-refractivity contribution is -0.376. The molecule has 3 N–H and O–H groups in total. The number of rotatable bonds is 5. The van der Waals surface area contributed by atoms with Gasteiger partial charge >= 0.3 is 18.4 Å². The fraction of sp³-hybridized carbons (Fsp3) is 0.174. The second-order valence-corrected chi connectivity index (χ2v) is 9.79. The molecular weight excluding hydrogens is 549 g/mol. The molecule has 0 aromatic heterocycles. The average Bonchev–Trinajstić information content (AvgIpc) is 2.82. The Bertz CT molecular complexity index is 1490. The van der Waals surface area contributed by atoms with Crippen molar-refractivity contribution in [3.63, 3.8) is 0 Å². The lowest BCUT2D eigenvalue weighted by Gasteiger charge is -2.32. The summed E-state index contributed by atoms with van der Waals surface area (Å²) in [6.07, 6.45) is -13.1. The van der Waals surface area contributed by atoms with Gasteiger partial charge in [-0.05, 0) is 35.9 Å². The molecule has 4 rings (SSSR count). The van der Waals surface area contributed by atoms with Crippen LogP contribution in [0.4, 0.5) is 46.9 Å². The number of alkyl halides is 6. The van der Waals surface area contributed by atoms with Crippen LogP contribution in [-0.4, -0.2) is 32.0 Å². The topological polar surface area (TPSA) is 105 Å². The van der Waals surface area contributed by atoms with Crippen LogP contribution < -0.4 is 10.0 Å². The van der Waals surface area contributed by atoms with Gasteiger partial charge in [-0.2, -0.15) is 26.3 Å². The Morgan fingerprint density at radius 1 is 0.895 bits per heavy atom. The van der Waals surface area contributed by atoms with E-state index in [1.807, 2.05) is 0 Å². The molecule has 0 bridgehead atoms. The summed E-state index contributed by atoms with van der Waals surface area (Å²) >= 11 is 0. The molecule has 0 fully saturated rings. The van der Waals surface area contributed by atoms with Crippen molar-refractivity contribution in [2.45, 2.75) is 29.5 Å². The summed E-state index contributed by atoms with van der Waals surface area (Å²) in [5, 5.41) is 11.8. The third-order valence-electron chi connectivity index (χ3n) is 5.64. The van der Waals surface area contributed by atoms with Crippen LogP contribution >= 0.6 is 0 Å². The number of hydrogen-bond donors (Lipinski definition) is 3. The van der Waals surface area contributed by atoms with E-state index in [1.165, 1.54) is 42.5 Å². The van der Waals surface area contributed by atoms with Gasteiger partial charge in [-0.3, -0.25) is 10.0 Å². The van der Waals surface area contributed by atoms with Crippen LogP contribution in [0.1, 0.15) is 11.1 Å². The van der Waals surface area contributed by atoms with Gasteiger partial charge in [-0.15, -0.1) is 0 Å². The molecule has 3 aromatic carbocycles. The van der Waals surface area contributed by atoms with Gasteiger partial charge in [-0.25, -0.2) is 17.6 Å². The highest BCUT2D eigenvalue weighted by Crippen LogP contribution is 2.50. The Labute approximate surface area is 209 Å². The monoisotopic (exact) mass is 564 g/mol. The standard InChI is InChI=1S/C23H15F7N2O5S/c24-18-9-14(21(34,22(25,26)27)23(28,29)30)4-8-17(18)12-1-5-15(6-2-12)32-38(35,36)16-7-3-13-11-37-20(33)31-19(13)10-16/h1-10,32,34H,11H2,(H,31,33). The minimum absolute atomic E-state index is 0.000569. The van der Waals surface area contributed by atoms with E-state index >= 15 is 0 Å². The Balaban J connectivity index is 1.58. The molecule has 38 heavy (non-hydrogen) atoms. The summed E-state index contributed by atoms with van der Waals surface area (Å²) in [6, 6.07) is 9.55. The van der Waals surface area contributed by atoms with Crippen molar-refractivity contribution in [2.24, 2.45) is 0 Å². The van der Waals surface area contributed by atoms with Crippen LogP contribution in [-0.2, 0) is 27.0 Å². The van der Waals surface area contributed by atoms with Crippen LogP contribution in [0.3, 0.4) is 0 Å². The number of amides is 1. The summed E-state index contributed by atoms with van der Waals surface area (Å²) in [4.78, 5) is 11.2. The van der Waals surface area contributed by atoms with E-state index < -0.39 is 51.0 Å². The first-order chi connectivity index (χ1) is 17.5. The number of ether oxygens (including phenoxy) is 1. The second kappa shape index (κ2) is 9.16. The molecule has 1 aliphatic rings. The number of benzene rings is 3. The number of nitrogens with one attached hydrogen (secondary N) is 2. The maximum absolute atomic E-state index is 14.6. The Morgan fingerprint density at radius 2 is 1.53 bits per heavy atom. The highest BCUT2D eigenvalue weighted by atomic mass is 32.2. The number of fused-ring (bicyclic) bond motifs is 1. The maximum Gasteiger partial charge on any atom is 0.430 e. The van der Waals surface area contributed by atoms with Gasteiger partial charge in [0.2, 0.25) is 0 Å². The molecular formula is C23H15F7N2O5S. The van der Waals surface area contributed by atoms with Crippen LogP contribution in [0.2, 0.25) is 0 Å². The number of hydrogen-bond acceptors (Lipinski definition) is 5. The highest BCUT2D eigenvalue weighted by Gasteiger charge is 2.71. The largest absolute Gasteiger partial charge is 0.444 e. The molecule has 0 saturated heterocycles. The third-order valence-corrected chi connectivity index (χ3v) is 7.02. The van der Waals surface area contributed by atoms with E-state index in [0.29, 0.717) is 17.7 Å². The molecule has 1 heterocycles. The van der Waals surface area contributed by atoms with E-state index in [-0.39, 0.29) is 34.5 Å². The minimum atomic E-state index is -6.17. The summed E-state index contributed by atoms with van der Waals surface area (Å²) in [5.41, 5.74) is -6.66. The smallest absolute Gasteiger partial charge is 0.430 e. The van der Waals surface area contributed by atoms with E-state index in [2.05, 4.69) is 10.0 Å². The summed E-state index contributed by atoms with van der Waals surface area (Å²) in [7, 11) is -4.16. The fourth-order valence-electron chi connectivity index (χ4n) is 3.65. The van der Waals surface area contributed by atoms with Gasteiger partial charge in [0, 0.05) is 22.4 Å². The number of aliphatic hydroxyl groups is 1. The van der Waals surface area contributed by atoms with Crippen LogP contribution in [0.25, 0.3) is 11.1 Å². The van der Waals surface area contributed by atoms with E-state index in [1.54, 1.807) is 0 Å². The number of carbonyl (C=O) groups is 1. The van der Waals surface area contributed by atoms with Crippen LogP contribution in [0.5, 0.6) is 0 Å². The van der Waals surface area contributed by atoms with Gasteiger partial charge in [0.05, 0.1) is 10.6 Å². The highest BCUT2D eigenvalue weighted by molar-refractivity contribution is 7.92. The van der Waals surface area contributed by atoms with Crippen molar-refractivity contribution in [2.75, 3.05) is 10.0 Å². The van der Waals surface area contributed by atoms with Gasteiger partial charge < -0.3 is 9.84 Å². The molecule has 0 unspecified atom stereocenters. The molecule has 0 atom stereocenters. The molecule has 3 aromatic rings. The normalized spacial score (nSPS) is 14.4. The average molecular weight is 564 g/mol. The van der Waals surface area contributed by atoms with Gasteiger partial charge in [0.15, 0.2) is 0 Å². The van der Waals surface area contributed by atoms with Crippen molar-refractivity contribution in [3.8, 4) is 11.1 Å². The summed E-state index contributed by atoms with van der Waals surface area (Å²) < 4.78 is 126. The molecule has 7 nitrogen and oxygen atoms in total. The van der Waals surface area contributed by atoms with Gasteiger partial charge in [-0.1, -0.05) is 30.3 Å². The number of anilines is 2. The van der Waals surface area contributed by atoms with E-state index in [4.69, 9.17) is 4.74 Å². The van der Waals surface area contributed by atoms with Crippen molar-refractivity contribution in [3.05, 3.63) is 77.6 Å². The molecule has 1 aliphatic heterocycles. The molecule has 202 valence electrons. The van der Waals surface area contributed by atoms with Crippen molar-refractivity contribution in [1.82, 2.24) is 0 Å². The Morgan fingerprint density at radius 3 is 2.11 bits per heavy atom. The number of carbonyl (C=O) groups excluding carboxylic acids is 1. The molecule has 0 radical (unpaired) electrons. The zero-order valence-electron chi connectivity index (χ0n) is 18.6. The molecule has 15 heteroatoms. The molecule has 0 spiro atoms. The third kappa shape index (κ3) is 4.86. The van der Waals surface area contributed by atoms with Gasteiger partial charge in [0.1, 0.15) is 12.4 Å². The van der Waals surface area contributed by atoms with Crippen molar-refractivity contribution < 1.29 is 53.8 Å². The first-order valence-corrected chi connectivity index (χ1v) is 11.9. The van der Waals surface area contributed by atoms with Crippen molar-refractivity contribution in [1.29, 1.82) is 0 Å². The summed E-state index contributed by atoms with van der Waals surface area (Å²) in [6.45, 7) is -0.0420. The number of sulfonamides is 1. The zero-order valence-corrected chi connectivity index (χ0v) is 19.4. The fourth-order valence-corrected chi connectivity index (χ4v) is 4.73. The maximum atomic E-state index is 14.6. The Hall–Kier alpha value is -3.85. The zero-order chi connectivity index (χ0) is 28.1. The number of cyclic esters (lactones) is 1. The Kier molecular flexibility index (Phi) is 6.56. The first-order valence-electron chi connectivity index (χ1n) is 10.4. The molecule has 0 saturated carbocycles. The van der Waals surface area contributed by atoms with E-state index in [9.17, 15) is 49.1 Å². The van der Waals surface area contributed by atoms with Crippen LogP contribution in [0, 0.1) is 5.82 Å².